The van der Waals surface area contributed by atoms with Crippen LogP contribution in [0, 0.1) is 0 Å². The number of ether oxygens (including phenoxy) is 2. The number of nitrogens with one attached hydrogen (secondary N) is 2. The van der Waals surface area contributed by atoms with E-state index in [-0.39, 0.29) is 0 Å². The molecule has 1 fully saturated rings. The van der Waals surface area contributed by atoms with Crippen LogP contribution in [0.2, 0.25) is 0 Å². The summed E-state index contributed by atoms with van der Waals surface area (Å²) in [6, 6.07) is 15.2. The molecule has 2 aromatic carbocycles. The van der Waals surface area contributed by atoms with Crippen molar-refractivity contribution in [2.24, 2.45) is 0 Å². The average molecular weight is 450 g/mol. The Labute approximate surface area is 196 Å². The molecule has 1 aromatic heterocycles. The summed E-state index contributed by atoms with van der Waals surface area (Å²) < 4.78 is 11.1. The zero-order chi connectivity index (χ0) is 23.2. The first-order valence-corrected chi connectivity index (χ1v) is 11.8. The van der Waals surface area contributed by atoms with Gasteiger partial charge in [-0.2, -0.15) is 4.98 Å². The van der Waals surface area contributed by atoms with Gasteiger partial charge in [-0.05, 0) is 62.4 Å². The van der Waals surface area contributed by atoms with Crippen LogP contribution in [-0.4, -0.2) is 49.9 Å². The lowest BCUT2D eigenvalue weighted by Crippen LogP contribution is -2.37. The van der Waals surface area contributed by atoms with Gasteiger partial charge in [0, 0.05) is 38.1 Å². The van der Waals surface area contributed by atoms with E-state index in [2.05, 4.69) is 28.8 Å². The number of para-hydroxylation sites is 1. The van der Waals surface area contributed by atoms with E-state index in [1.807, 2.05) is 50.2 Å². The number of rotatable bonds is 9. The number of hydrogen-bond acceptors (Lipinski definition) is 7. The normalized spacial score (nSPS) is 18.2. The fourth-order valence-corrected chi connectivity index (χ4v) is 4.45. The second-order valence-corrected chi connectivity index (χ2v) is 8.77. The molecule has 1 heterocycles. The third-order valence-electron chi connectivity index (χ3n) is 6.19. The van der Waals surface area contributed by atoms with Crippen molar-refractivity contribution in [2.75, 3.05) is 38.0 Å². The number of fused-ring (bicyclic) bond motifs is 1. The summed E-state index contributed by atoms with van der Waals surface area (Å²) in [7, 11) is 5.72. The maximum atomic E-state index is 5.70. The van der Waals surface area contributed by atoms with Gasteiger partial charge >= 0.3 is 0 Å². The van der Waals surface area contributed by atoms with Gasteiger partial charge in [-0.15, -0.1) is 0 Å². The van der Waals surface area contributed by atoms with Crippen LogP contribution in [-0.2, 0) is 6.54 Å². The minimum atomic E-state index is 0.393. The molecule has 1 aliphatic rings. The topological polar surface area (TPSA) is 71.5 Å². The van der Waals surface area contributed by atoms with Crippen LogP contribution in [0.3, 0.4) is 0 Å². The highest BCUT2D eigenvalue weighted by Gasteiger charge is 2.22. The minimum Gasteiger partial charge on any atom is -0.493 e. The van der Waals surface area contributed by atoms with Gasteiger partial charge in [-0.1, -0.05) is 18.2 Å². The largest absolute Gasteiger partial charge is 0.493 e. The molecule has 0 amide bonds. The van der Waals surface area contributed by atoms with Gasteiger partial charge in [0.2, 0.25) is 5.95 Å². The maximum absolute atomic E-state index is 5.70. The maximum Gasteiger partial charge on any atom is 0.225 e. The molecule has 4 rings (SSSR count). The van der Waals surface area contributed by atoms with E-state index in [1.165, 1.54) is 5.56 Å². The highest BCUT2D eigenvalue weighted by molar-refractivity contribution is 5.90. The number of aromatic nitrogens is 2. The summed E-state index contributed by atoms with van der Waals surface area (Å²) in [5.41, 5.74) is 2.18. The number of nitrogens with zero attached hydrogens (tertiary/aromatic N) is 3. The fraction of sp³-hybridized carbons (Fsp3) is 0.462. The van der Waals surface area contributed by atoms with Crippen molar-refractivity contribution >= 4 is 22.7 Å². The Balaban J connectivity index is 1.32. The Morgan fingerprint density at radius 1 is 0.970 bits per heavy atom. The van der Waals surface area contributed by atoms with Crippen molar-refractivity contribution in [1.29, 1.82) is 0 Å². The summed E-state index contributed by atoms with van der Waals surface area (Å²) in [6.07, 6.45) is 4.44. The molecule has 1 aliphatic carbocycles. The van der Waals surface area contributed by atoms with Gasteiger partial charge in [-0.3, -0.25) is 0 Å². The van der Waals surface area contributed by atoms with Gasteiger partial charge in [-0.25, -0.2) is 4.98 Å². The second-order valence-electron chi connectivity index (χ2n) is 8.77. The fourth-order valence-electron chi connectivity index (χ4n) is 4.45. The molecule has 33 heavy (non-hydrogen) atoms. The van der Waals surface area contributed by atoms with Crippen molar-refractivity contribution in [1.82, 2.24) is 15.3 Å². The third kappa shape index (κ3) is 5.66. The van der Waals surface area contributed by atoms with Crippen LogP contribution < -0.4 is 25.0 Å². The van der Waals surface area contributed by atoms with E-state index in [4.69, 9.17) is 19.4 Å². The molecule has 176 valence electrons. The van der Waals surface area contributed by atoms with Crippen molar-refractivity contribution in [2.45, 2.75) is 51.2 Å². The molecule has 0 bridgehead atoms. The Bertz CT molecular complexity index is 1060. The first kappa shape index (κ1) is 23.1. The molecule has 7 heteroatoms. The van der Waals surface area contributed by atoms with Gasteiger partial charge < -0.3 is 25.0 Å². The predicted molar refractivity (Wildman–Crippen MR) is 135 cm³/mol. The molecule has 0 saturated heterocycles. The van der Waals surface area contributed by atoms with E-state index in [0.29, 0.717) is 18.7 Å². The lowest BCUT2D eigenvalue weighted by molar-refractivity contribution is 0.310. The predicted octanol–water partition coefficient (Wildman–Crippen LogP) is 4.62. The summed E-state index contributed by atoms with van der Waals surface area (Å²) in [6.45, 7) is 3.44. The van der Waals surface area contributed by atoms with Gasteiger partial charge in [0.25, 0.3) is 0 Å². The quantitative estimate of drug-likeness (QED) is 0.494. The second kappa shape index (κ2) is 10.7. The first-order chi connectivity index (χ1) is 16.1. The molecule has 0 spiro atoms. The van der Waals surface area contributed by atoms with Gasteiger partial charge in [0.1, 0.15) is 5.82 Å². The van der Waals surface area contributed by atoms with Crippen molar-refractivity contribution in [3.05, 3.63) is 48.0 Å². The van der Waals surface area contributed by atoms with Gasteiger partial charge in [0.15, 0.2) is 11.5 Å². The van der Waals surface area contributed by atoms with Crippen LogP contribution in [0.5, 0.6) is 11.5 Å². The Hall–Kier alpha value is -3.06. The van der Waals surface area contributed by atoms with Crippen molar-refractivity contribution in [3.8, 4) is 11.5 Å². The van der Waals surface area contributed by atoms with Crippen LogP contribution >= 0.6 is 0 Å². The third-order valence-corrected chi connectivity index (χ3v) is 6.19. The van der Waals surface area contributed by atoms with E-state index in [9.17, 15) is 0 Å². The summed E-state index contributed by atoms with van der Waals surface area (Å²) in [5.74, 6) is 3.25. The summed E-state index contributed by atoms with van der Waals surface area (Å²) in [5, 5.41) is 8.38. The Morgan fingerprint density at radius 2 is 1.73 bits per heavy atom. The lowest BCUT2D eigenvalue weighted by Gasteiger charge is -2.30. The zero-order valence-electron chi connectivity index (χ0n) is 20.1. The minimum absolute atomic E-state index is 0.393. The van der Waals surface area contributed by atoms with Crippen molar-refractivity contribution < 1.29 is 9.47 Å². The zero-order valence-corrected chi connectivity index (χ0v) is 20.1. The Morgan fingerprint density at radius 3 is 2.45 bits per heavy atom. The van der Waals surface area contributed by atoms with Crippen LogP contribution in [0.4, 0.5) is 11.8 Å². The molecule has 0 atom stereocenters. The number of methoxy groups -OCH3 is 1. The van der Waals surface area contributed by atoms with Crippen LogP contribution in [0.1, 0.15) is 38.2 Å². The van der Waals surface area contributed by atoms with E-state index >= 15 is 0 Å². The van der Waals surface area contributed by atoms with E-state index in [1.54, 1.807) is 7.11 Å². The lowest BCUT2D eigenvalue weighted by atomic mass is 9.91. The smallest absolute Gasteiger partial charge is 0.225 e. The standard InChI is InChI=1S/C26H35N5O2/c1-5-33-24-16-18(10-15-23(24)32-4)17-27-19-11-13-20(14-12-19)28-26-29-22-9-7-6-8-21(22)25(30-26)31(2)3/h6-10,15-16,19-20,27H,5,11-14,17H2,1-4H3,(H,28,29,30)/t19-,20+. The summed E-state index contributed by atoms with van der Waals surface area (Å²) in [4.78, 5) is 11.6. The van der Waals surface area contributed by atoms with E-state index in [0.717, 1.165) is 66.4 Å². The van der Waals surface area contributed by atoms with Crippen LogP contribution in [0.15, 0.2) is 42.5 Å². The molecular weight excluding hydrogens is 414 g/mol. The number of benzene rings is 2. The molecule has 1 saturated carbocycles. The molecule has 0 radical (unpaired) electrons. The molecule has 3 aromatic rings. The average Bonchev–Trinajstić information content (AvgIpc) is 2.83. The molecular formula is C26H35N5O2. The van der Waals surface area contributed by atoms with Crippen molar-refractivity contribution in [3.63, 3.8) is 0 Å². The summed E-state index contributed by atoms with van der Waals surface area (Å²) >= 11 is 0. The van der Waals surface area contributed by atoms with Crippen LogP contribution in [0.25, 0.3) is 10.9 Å². The highest BCUT2D eigenvalue weighted by atomic mass is 16.5. The highest BCUT2D eigenvalue weighted by Crippen LogP contribution is 2.29. The molecule has 0 aliphatic heterocycles. The number of anilines is 2. The monoisotopic (exact) mass is 449 g/mol. The van der Waals surface area contributed by atoms with Gasteiger partial charge in [0.05, 0.1) is 19.2 Å². The van der Waals surface area contributed by atoms with E-state index < -0.39 is 0 Å². The number of hydrogen-bond donors (Lipinski definition) is 2. The molecule has 0 unspecified atom stereocenters. The first-order valence-electron chi connectivity index (χ1n) is 11.8. The molecule has 7 nitrogen and oxygen atoms in total. The molecule has 2 N–H and O–H groups in total. The Kier molecular flexibility index (Phi) is 7.50. The SMILES string of the molecule is CCOc1cc(CN[C@H]2CC[C@@H](Nc3nc(N(C)C)c4ccccc4n3)CC2)ccc1OC.